The summed E-state index contributed by atoms with van der Waals surface area (Å²) in [5.41, 5.74) is 2.06. The van der Waals surface area contributed by atoms with E-state index in [1.165, 1.54) is 4.90 Å². The van der Waals surface area contributed by atoms with E-state index in [9.17, 15) is 9.59 Å². The highest BCUT2D eigenvalue weighted by Gasteiger charge is 2.14. The monoisotopic (exact) mass is 398 g/mol. The molecule has 7 heteroatoms. The van der Waals surface area contributed by atoms with Crippen LogP contribution in [0, 0.1) is 6.92 Å². The average Bonchev–Trinajstić information content (AvgIpc) is 3.09. The van der Waals surface area contributed by atoms with E-state index in [1.807, 2.05) is 55.5 Å². The summed E-state index contributed by atoms with van der Waals surface area (Å²) in [5.74, 6) is -0.0362. The molecule has 0 spiro atoms. The van der Waals surface area contributed by atoms with Crippen molar-refractivity contribution in [3.8, 4) is 5.75 Å². The second-order valence-corrected chi connectivity index (χ2v) is 7.51. The lowest BCUT2D eigenvalue weighted by Gasteiger charge is -2.15. The van der Waals surface area contributed by atoms with Crippen LogP contribution in [0.25, 0.3) is 10.2 Å². The van der Waals surface area contributed by atoms with Gasteiger partial charge in [-0.15, -0.1) is 11.3 Å². The molecular weight excluding hydrogens is 376 g/mol. The summed E-state index contributed by atoms with van der Waals surface area (Å²) in [6, 6.07) is 15.4. The number of hydrogen-bond acceptors (Lipinski definition) is 6. The standard InChI is InChI=1S/C21H22N2O4S/c1-15-7-9-16(10-8-15)26-12-11-21(25)27-14-20(24)23(2)13-19-22-17-5-3-4-6-18(17)28-19/h3-10H,11-14H2,1-2H3. The van der Waals surface area contributed by atoms with Gasteiger partial charge in [0.25, 0.3) is 5.91 Å². The number of thiazole rings is 1. The number of carbonyl (C=O) groups is 2. The van der Waals surface area contributed by atoms with Gasteiger partial charge in [-0.25, -0.2) is 4.98 Å². The van der Waals surface area contributed by atoms with Gasteiger partial charge in [-0.2, -0.15) is 0 Å². The summed E-state index contributed by atoms with van der Waals surface area (Å²) in [6.07, 6.45) is 0.0861. The Morgan fingerprint density at radius 1 is 1.11 bits per heavy atom. The van der Waals surface area contributed by atoms with Crippen LogP contribution < -0.4 is 4.74 Å². The molecule has 1 aromatic heterocycles. The van der Waals surface area contributed by atoms with Crippen LogP contribution in [0.4, 0.5) is 0 Å². The SMILES string of the molecule is Cc1ccc(OCCC(=O)OCC(=O)N(C)Cc2nc3ccccc3s2)cc1. The zero-order valence-corrected chi connectivity index (χ0v) is 16.7. The van der Waals surface area contributed by atoms with Gasteiger partial charge < -0.3 is 14.4 Å². The lowest BCUT2D eigenvalue weighted by molar-refractivity contribution is -0.152. The molecule has 146 valence electrons. The third-order valence-electron chi connectivity index (χ3n) is 4.09. The largest absolute Gasteiger partial charge is 0.493 e. The van der Waals surface area contributed by atoms with Gasteiger partial charge in [0.15, 0.2) is 6.61 Å². The molecule has 0 N–H and O–H groups in total. The van der Waals surface area contributed by atoms with E-state index in [0.29, 0.717) is 12.3 Å². The van der Waals surface area contributed by atoms with Crippen molar-refractivity contribution >= 4 is 33.4 Å². The predicted octanol–water partition coefficient (Wildman–Crippen LogP) is 3.58. The molecule has 0 saturated carbocycles. The average molecular weight is 398 g/mol. The maximum Gasteiger partial charge on any atom is 0.309 e. The maximum atomic E-state index is 12.2. The highest BCUT2D eigenvalue weighted by Crippen LogP contribution is 2.22. The van der Waals surface area contributed by atoms with Gasteiger partial charge in [-0.3, -0.25) is 9.59 Å². The Labute approximate surface area is 167 Å². The molecule has 3 rings (SSSR count). The van der Waals surface area contributed by atoms with E-state index in [0.717, 1.165) is 20.8 Å². The van der Waals surface area contributed by atoms with Crippen molar-refractivity contribution < 1.29 is 19.1 Å². The van der Waals surface area contributed by atoms with E-state index in [1.54, 1.807) is 18.4 Å². The Morgan fingerprint density at radius 2 is 1.86 bits per heavy atom. The van der Waals surface area contributed by atoms with Crippen molar-refractivity contribution in [2.75, 3.05) is 20.3 Å². The third kappa shape index (κ3) is 5.53. The van der Waals surface area contributed by atoms with Gasteiger partial charge in [-0.1, -0.05) is 29.8 Å². The van der Waals surface area contributed by atoms with Crippen molar-refractivity contribution in [2.45, 2.75) is 19.9 Å². The molecule has 0 radical (unpaired) electrons. The number of ether oxygens (including phenoxy) is 2. The molecule has 1 amide bonds. The van der Waals surface area contributed by atoms with Gasteiger partial charge in [0.2, 0.25) is 0 Å². The topological polar surface area (TPSA) is 68.7 Å². The number of likely N-dealkylation sites (N-methyl/N-ethyl adjacent to an activating group) is 1. The normalized spacial score (nSPS) is 10.6. The van der Waals surface area contributed by atoms with Gasteiger partial charge in [-0.05, 0) is 31.2 Å². The number of rotatable bonds is 8. The summed E-state index contributed by atoms with van der Waals surface area (Å²) < 4.78 is 11.6. The molecule has 0 aliphatic carbocycles. The minimum Gasteiger partial charge on any atom is -0.493 e. The first-order valence-electron chi connectivity index (χ1n) is 8.95. The molecule has 6 nitrogen and oxygen atoms in total. The van der Waals surface area contributed by atoms with Crippen LogP contribution in [0.2, 0.25) is 0 Å². The molecule has 3 aromatic rings. The van der Waals surface area contributed by atoms with E-state index >= 15 is 0 Å². The number of para-hydroxylation sites is 1. The number of fused-ring (bicyclic) bond motifs is 1. The number of carbonyl (C=O) groups excluding carboxylic acids is 2. The summed E-state index contributed by atoms with van der Waals surface area (Å²) in [5, 5.41) is 0.842. The zero-order valence-electron chi connectivity index (χ0n) is 15.9. The van der Waals surface area contributed by atoms with Crippen LogP contribution in [-0.4, -0.2) is 42.0 Å². The third-order valence-corrected chi connectivity index (χ3v) is 5.11. The molecule has 0 aliphatic heterocycles. The van der Waals surface area contributed by atoms with Crippen LogP contribution >= 0.6 is 11.3 Å². The number of benzene rings is 2. The Bertz CT molecular complexity index is 919. The molecular formula is C21H22N2O4S. The van der Waals surface area contributed by atoms with Crippen molar-refractivity contribution in [1.29, 1.82) is 0 Å². The summed E-state index contributed by atoms with van der Waals surface area (Å²) >= 11 is 1.55. The highest BCUT2D eigenvalue weighted by atomic mass is 32.1. The van der Waals surface area contributed by atoms with Crippen LogP contribution in [0.15, 0.2) is 48.5 Å². The van der Waals surface area contributed by atoms with Crippen molar-refractivity contribution in [3.05, 3.63) is 59.1 Å². The molecule has 2 aromatic carbocycles. The first kappa shape index (κ1) is 19.8. The molecule has 0 unspecified atom stereocenters. The number of esters is 1. The smallest absolute Gasteiger partial charge is 0.309 e. The fraction of sp³-hybridized carbons (Fsp3) is 0.286. The Kier molecular flexibility index (Phi) is 6.60. The second kappa shape index (κ2) is 9.32. The summed E-state index contributed by atoms with van der Waals surface area (Å²) in [7, 11) is 1.67. The second-order valence-electron chi connectivity index (χ2n) is 6.40. The lowest BCUT2D eigenvalue weighted by Crippen LogP contribution is -2.31. The Balaban J connectivity index is 1.38. The fourth-order valence-electron chi connectivity index (χ4n) is 2.49. The molecule has 0 bridgehead atoms. The Morgan fingerprint density at radius 3 is 2.61 bits per heavy atom. The molecule has 0 saturated heterocycles. The maximum absolute atomic E-state index is 12.2. The molecule has 28 heavy (non-hydrogen) atoms. The molecule has 1 heterocycles. The molecule has 0 fully saturated rings. The van der Waals surface area contributed by atoms with Crippen molar-refractivity contribution in [1.82, 2.24) is 9.88 Å². The van der Waals surface area contributed by atoms with Gasteiger partial charge in [0, 0.05) is 7.05 Å². The number of hydrogen-bond donors (Lipinski definition) is 0. The fourth-order valence-corrected chi connectivity index (χ4v) is 3.51. The predicted molar refractivity (Wildman–Crippen MR) is 108 cm³/mol. The van der Waals surface area contributed by atoms with Gasteiger partial charge in [0.05, 0.1) is 29.8 Å². The molecule has 0 atom stereocenters. The van der Waals surface area contributed by atoms with Crippen LogP contribution in [0.1, 0.15) is 17.0 Å². The van der Waals surface area contributed by atoms with E-state index in [2.05, 4.69) is 4.98 Å². The highest BCUT2D eigenvalue weighted by molar-refractivity contribution is 7.18. The first-order valence-corrected chi connectivity index (χ1v) is 9.76. The first-order chi connectivity index (χ1) is 13.5. The number of aromatic nitrogens is 1. The summed E-state index contributed by atoms with van der Waals surface area (Å²) in [4.78, 5) is 30.0. The van der Waals surface area contributed by atoms with Crippen molar-refractivity contribution in [2.24, 2.45) is 0 Å². The van der Waals surface area contributed by atoms with E-state index in [4.69, 9.17) is 9.47 Å². The number of aryl methyl sites for hydroxylation is 1. The van der Waals surface area contributed by atoms with Crippen LogP contribution in [0.5, 0.6) is 5.75 Å². The quantitative estimate of drug-likeness (QED) is 0.543. The Hall–Kier alpha value is -2.93. The minimum atomic E-state index is -0.464. The minimum absolute atomic E-state index is 0.0861. The summed E-state index contributed by atoms with van der Waals surface area (Å²) in [6.45, 7) is 2.29. The van der Waals surface area contributed by atoms with Crippen molar-refractivity contribution in [3.63, 3.8) is 0 Å². The van der Waals surface area contributed by atoms with Gasteiger partial charge >= 0.3 is 5.97 Å². The van der Waals surface area contributed by atoms with E-state index < -0.39 is 5.97 Å². The van der Waals surface area contributed by atoms with Gasteiger partial charge in [0.1, 0.15) is 10.8 Å². The molecule has 0 aliphatic rings. The van der Waals surface area contributed by atoms with Crippen LogP contribution in [-0.2, 0) is 20.9 Å². The lowest BCUT2D eigenvalue weighted by atomic mass is 10.2. The van der Waals surface area contributed by atoms with Crippen LogP contribution in [0.3, 0.4) is 0 Å². The number of nitrogens with zero attached hydrogens (tertiary/aromatic N) is 2. The van der Waals surface area contributed by atoms with E-state index in [-0.39, 0.29) is 25.5 Å². The zero-order chi connectivity index (χ0) is 19.9. The number of amides is 1.